The molecule has 2 amide bonds. The van der Waals surface area contributed by atoms with Gasteiger partial charge in [-0.25, -0.2) is 0 Å². The molecule has 27 heavy (non-hydrogen) atoms. The van der Waals surface area contributed by atoms with Gasteiger partial charge >= 0.3 is 5.97 Å². The summed E-state index contributed by atoms with van der Waals surface area (Å²) in [6, 6.07) is 6.90. The lowest BCUT2D eigenvalue weighted by molar-refractivity contribution is -0.164. The van der Waals surface area contributed by atoms with Crippen molar-refractivity contribution in [3.63, 3.8) is 0 Å². The van der Waals surface area contributed by atoms with Crippen LogP contribution in [0.4, 0.5) is 0 Å². The fourth-order valence-electron chi connectivity index (χ4n) is 3.32. The summed E-state index contributed by atoms with van der Waals surface area (Å²) in [6.07, 6.45) is 1.43. The molecular formula is C20H28N2O5. The minimum absolute atomic E-state index is 0.0243. The highest BCUT2D eigenvalue weighted by Crippen LogP contribution is 2.38. The zero-order chi connectivity index (χ0) is 20.0. The maximum Gasteiger partial charge on any atom is 0.312 e. The molecule has 0 aromatic heterocycles. The van der Waals surface area contributed by atoms with Gasteiger partial charge in [0.1, 0.15) is 5.75 Å². The Morgan fingerprint density at radius 2 is 1.96 bits per heavy atom. The summed E-state index contributed by atoms with van der Waals surface area (Å²) >= 11 is 0. The average Bonchev–Trinajstić information content (AvgIpc) is 2.66. The van der Waals surface area contributed by atoms with Gasteiger partial charge < -0.3 is 20.1 Å². The second-order valence-electron chi connectivity index (χ2n) is 6.79. The monoisotopic (exact) mass is 376 g/mol. The molecule has 2 rings (SSSR count). The Morgan fingerprint density at radius 3 is 2.52 bits per heavy atom. The zero-order valence-electron chi connectivity index (χ0n) is 16.1. The number of ether oxygens (including phenoxy) is 2. The number of amides is 2. The van der Waals surface area contributed by atoms with Crippen molar-refractivity contribution in [3.8, 4) is 5.75 Å². The fourth-order valence-corrected chi connectivity index (χ4v) is 3.32. The molecule has 1 heterocycles. The number of hydrogen-bond donors (Lipinski definition) is 1. The summed E-state index contributed by atoms with van der Waals surface area (Å²) in [5.74, 6) is -1.02. The largest absolute Gasteiger partial charge is 0.497 e. The molecule has 0 radical (unpaired) electrons. The quantitative estimate of drug-likeness (QED) is 0.701. The van der Waals surface area contributed by atoms with Crippen molar-refractivity contribution in [2.75, 3.05) is 13.7 Å². The van der Waals surface area contributed by atoms with Crippen LogP contribution in [0.1, 0.15) is 51.1 Å². The number of rotatable bonds is 8. The minimum atomic E-state index is -1.00. The van der Waals surface area contributed by atoms with Gasteiger partial charge in [-0.05, 0) is 37.5 Å². The van der Waals surface area contributed by atoms with Crippen molar-refractivity contribution in [2.24, 2.45) is 11.7 Å². The Hall–Kier alpha value is -2.57. The molecule has 148 valence electrons. The number of hydrogen-bond acceptors (Lipinski definition) is 5. The minimum Gasteiger partial charge on any atom is -0.497 e. The molecule has 3 atom stereocenters. The number of primary amides is 1. The van der Waals surface area contributed by atoms with Crippen LogP contribution in [0.2, 0.25) is 0 Å². The average molecular weight is 376 g/mol. The van der Waals surface area contributed by atoms with Crippen molar-refractivity contribution in [1.82, 2.24) is 4.90 Å². The number of nitrogens with two attached hydrogens (primary N) is 1. The van der Waals surface area contributed by atoms with Gasteiger partial charge in [-0.2, -0.15) is 0 Å². The molecule has 1 aromatic rings. The number of nitrogens with zero attached hydrogens (tertiary/aromatic N) is 1. The van der Waals surface area contributed by atoms with E-state index >= 15 is 0 Å². The molecule has 0 saturated carbocycles. The first-order valence-electron chi connectivity index (χ1n) is 9.32. The molecule has 1 aromatic carbocycles. The fraction of sp³-hybridized carbons (Fsp3) is 0.550. The molecule has 2 N–H and O–H groups in total. The lowest BCUT2D eigenvalue weighted by Gasteiger charge is -2.40. The van der Waals surface area contributed by atoms with Crippen LogP contribution in [0.5, 0.6) is 5.75 Å². The van der Waals surface area contributed by atoms with Crippen LogP contribution in [-0.4, -0.2) is 42.4 Å². The molecule has 7 heteroatoms. The highest BCUT2D eigenvalue weighted by Gasteiger charge is 2.41. The smallest absolute Gasteiger partial charge is 0.312 e. The third-order valence-corrected chi connectivity index (χ3v) is 4.91. The molecule has 1 fully saturated rings. The van der Waals surface area contributed by atoms with E-state index in [0.29, 0.717) is 18.7 Å². The standard InChI is InChI=1S/C20H28N2O5/c1-4-5-12-22-17(23)11-10-16(20(25)27-13(2)19(21)24)18(22)14-6-8-15(26-3)9-7-14/h6-9,13,16,18H,4-5,10-12H2,1-3H3,(H2,21,24)/t13-,16+,18+/m0/s1. The maximum atomic E-state index is 12.8. The third-order valence-electron chi connectivity index (χ3n) is 4.91. The maximum absolute atomic E-state index is 12.8. The highest BCUT2D eigenvalue weighted by atomic mass is 16.5. The van der Waals surface area contributed by atoms with Gasteiger partial charge in [0.2, 0.25) is 5.91 Å². The van der Waals surface area contributed by atoms with E-state index in [2.05, 4.69) is 6.92 Å². The van der Waals surface area contributed by atoms with Gasteiger partial charge in [0.15, 0.2) is 6.10 Å². The van der Waals surface area contributed by atoms with Crippen LogP contribution >= 0.6 is 0 Å². The van der Waals surface area contributed by atoms with Gasteiger partial charge in [0, 0.05) is 13.0 Å². The van der Waals surface area contributed by atoms with Crippen LogP contribution in [0.3, 0.4) is 0 Å². The number of piperidine rings is 1. The van der Waals surface area contributed by atoms with Gasteiger partial charge in [0.05, 0.1) is 19.1 Å². The predicted molar refractivity (Wildman–Crippen MR) is 99.8 cm³/mol. The molecule has 7 nitrogen and oxygen atoms in total. The van der Waals surface area contributed by atoms with Crippen LogP contribution in [0, 0.1) is 5.92 Å². The Bertz CT molecular complexity index is 673. The van der Waals surface area contributed by atoms with E-state index in [-0.39, 0.29) is 12.3 Å². The van der Waals surface area contributed by atoms with E-state index in [1.807, 2.05) is 12.1 Å². The second kappa shape index (κ2) is 9.39. The number of carbonyl (C=O) groups excluding carboxylic acids is 3. The van der Waals surface area contributed by atoms with Crippen molar-refractivity contribution in [3.05, 3.63) is 29.8 Å². The number of methoxy groups -OCH3 is 1. The normalized spacial score (nSPS) is 20.9. The van der Waals surface area contributed by atoms with E-state index in [4.69, 9.17) is 15.2 Å². The summed E-state index contributed by atoms with van der Waals surface area (Å²) in [5, 5.41) is 0. The van der Waals surface area contributed by atoms with Gasteiger partial charge in [-0.3, -0.25) is 14.4 Å². The van der Waals surface area contributed by atoms with Gasteiger partial charge in [-0.1, -0.05) is 25.5 Å². The molecule has 1 saturated heterocycles. The first kappa shape index (κ1) is 20.7. The Morgan fingerprint density at radius 1 is 1.30 bits per heavy atom. The SMILES string of the molecule is CCCCN1C(=O)CC[C@@H](C(=O)O[C@@H](C)C(N)=O)[C@H]1c1ccc(OC)cc1. The molecule has 0 bridgehead atoms. The Balaban J connectivity index is 2.34. The molecule has 0 aliphatic carbocycles. The third kappa shape index (κ3) is 4.99. The first-order valence-corrected chi connectivity index (χ1v) is 9.32. The lowest BCUT2D eigenvalue weighted by atomic mass is 9.84. The van der Waals surface area contributed by atoms with Crippen molar-refractivity contribution < 1.29 is 23.9 Å². The van der Waals surface area contributed by atoms with Crippen molar-refractivity contribution >= 4 is 17.8 Å². The zero-order valence-corrected chi connectivity index (χ0v) is 16.1. The Labute approximate surface area is 159 Å². The van der Waals surface area contributed by atoms with Crippen molar-refractivity contribution in [1.29, 1.82) is 0 Å². The van der Waals surface area contributed by atoms with Crippen LogP contribution in [0.15, 0.2) is 24.3 Å². The van der Waals surface area contributed by atoms with E-state index in [9.17, 15) is 14.4 Å². The number of esters is 1. The molecule has 1 aliphatic rings. The number of unbranched alkanes of at least 4 members (excludes halogenated alkanes) is 1. The van der Waals surface area contributed by atoms with Crippen LogP contribution < -0.4 is 10.5 Å². The van der Waals surface area contributed by atoms with Crippen LogP contribution in [-0.2, 0) is 19.1 Å². The summed E-state index contributed by atoms with van der Waals surface area (Å²) in [4.78, 5) is 38.4. The Kier molecular flexibility index (Phi) is 7.21. The molecule has 0 unspecified atom stereocenters. The van der Waals surface area contributed by atoms with Crippen molar-refractivity contribution in [2.45, 2.75) is 51.7 Å². The topological polar surface area (TPSA) is 98.9 Å². The summed E-state index contributed by atoms with van der Waals surface area (Å²) < 4.78 is 10.5. The number of carbonyl (C=O) groups is 3. The van der Waals surface area contributed by atoms with Crippen LogP contribution in [0.25, 0.3) is 0 Å². The number of likely N-dealkylation sites (tertiary alicyclic amines) is 1. The molecular weight excluding hydrogens is 348 g/mol. The van der Waals surface area contributed by atoms with E-state index in [1.54, 1.807) is 24.1 Å². The second-order valence-corrected chi connectivity index (χ2v) is 6.79. The first-order chi connectivity index (χ1) is 12.9. The van der Waals surface area contributed by atoms with Gasteiger partial charge in [-0.15, -0.1) is 0 Å². The summed E-state index contributed by atoms with van der Waals surface area (Å²) in [7, 11) is 1.58. The number of benzene rings is 1. The lowest BCUT2D eigenvalue weighted by Crippen LogP contribution is -2.47. The molecule has 1 aliphatic heterocycles. The predicted octanol–water partition coefficient (Wildman–Crippen LogP) is 2.19. The van der Waals surface area contributed by atoms with Gasteiger partial charge in [0.25, 0.3) is 5.91 Å². The summed E-state index contributed by atoms with van der Waals surface area (Å²) in [6.45, 7) is 4.07. The molecule has 0 spiro atoms. The highest BCUT2D eigenvalue weighted by molar-refractivity contribution is 5.85. The van der Waals surface area contributed by atoms with E-state index < -0.39 is 29.9 Å². The van der Waals surface area contributed by atoms with E-state index in [1.165, 1.54) is 6.92 Å². The summed E-state index contributed by atoms with van der Waals surface area (Å²) in [5.41, 5.74) is 6.05. The van der Waals surface area contributed by atoms with E-state index in [0.717, 1.165) is 18.4 Å².